The summed E-state index contributed by atoms with van der Waals surface area (Å²) in [5.74, 6) is 0.582. The van der Waals surface area contributed by atoms with Crippen LogP contribution in [0.1, 0.15) is 43.2 Å². The van der Waals surface area contributed by atoms with Crippen molar-refractivity contribution in [2.24, 2.45) is 5.92 Å². The average Bonchev–Trinajstić information content (AvgIpc) is 2.58. The fourth-order valence-electron chi connectivity index (χ4n) is 1.96. The Morgan fingerprint density at radius 2 is 2.44 bits per heavy atom. The van der Waals surface area contributed by atoms with Gasteiger partial charge in [-0.2, -0.15) is 5.48 Å². The maximum absolute atomic E-state index is 5.55. The highest BCUT2D eigenvalue weighted by atomic mass is 127. The van der Waals surface area contributed by atoms with Crippen molar-refractivity contribution < 1.29 is 4.84 Å². The maximum Gasteiger partial charge on any atom is 0.0705 e. The molecule has 1 aliphatic rings. The lowest BCUT2D eigenvalue weighted by Gasteiger charge is -2.23. The molecule has 4 heteroatoms. The van der Waals surface area contributed by atoms with Crippen molar-refractivity contribution in [1.29, 1.82) is 0 Å². The lowest BCUT2D eigenvalue weighted by atomic mass is 9.95. The van der Waals surface area contributed by atoms with Gasteiger partial charge in [0, 0.05) is 4.88 Å². The molecule has 0 radical (unpaired) electrons. The number of hydrogen-bond donors (Lipinski definition) is 1. The number of aryl methyl sites for hydroxylation is 1. The molecule has 16 heavy (non-hydrogen) atoms. The summed E-state index contributed by atoms with van der Waals surface area (Å²) in [4.78, 5) is 7.10. The van der Waals surface area contributed by atoms with Gasteiger partial charge in [0.05, 0.1) is 15.5 Å². The Hall–Kier alpha value is 0.350. The van der Waals surface area contributed by atoms with Gasteiger partial charge in [-0.3, -0.25) is 0 Å². The average molecular weight is 351 g/mol. The molecule has 1 aliphatic carbocycles. The first kappa shape index (κ1) is 12.8. The summed E-state index contributed by atoms with van der Waals surface area (Å²) >= 11 is 4.33. The molecule has 2 rings (SSSR count). The molecule has 1 heterocycles. The predicted octanol–water partition coefficient (Wildman–Crippen LogP) is 3.91. The van der Waals surface area contributed by atoms with Crippen LogP contribution in [-0.4, -0.2) is 6.61 Å². The van der Waals surface area contributed by atoms with E-state index in [4.69, 9.17) is 4.84 Å². The summed E-state index contributed by atoms with van der Waals surface area (Å²) in [5.41, 5.74) is 4.69. The zero-order valence-electron chi connectivity index (χ0n) is 9.75. The first-order chi connectivity index (χ1) is 7.66. The molecule has 0 spiro atoms. The van der Waals surface area contributed by atoms with Gasteiger partial charge in [-0.1, -0.05) is 13.8 Å². The van der Waals surface area contributed by atoms with Crippen molar-refractivity contribution in [1.82, 2.24) is 5.48 Å². The summed E-state index contributed by atoms with van der Waals surface area (Å²) in [7, 11) is 0. The topological polar surface area (TPSA) is 21.3 Å². The van der Waals surface area contributed by atoms with Gasteiger partial charge in [0.2, 0.25) is 0 Å². The van der Waals surface area contributed by atoms with E-state index in [2.05, 4.69) is 48.0 Å². The molecule has 1 N–H and O–H groups in total. The van der Waals surface area contributed by atoms with Crippen molar-refractivity contribution in [3.8, 4) is 0 Å². The molecule has 0 saturated carbocycles. The van der Waals surface area contributed by atoms with E-state index in [1.165, 1.54) is 27.7 Å². The van der Waals surface area contributed by atoms with E-state index < -0.39 is 0 Å². The van der Waals surface area contributed by atoms with E-state index in [9.17, 15) is 0 Å². The summed E-state index contributed by atoms with van der Waals surface area (Å²) in [6, 6.07) is 2.71. The molecule has 1 unspecified atom stereocenters. The lowest BCUT2D eigenvalue weighted by molar-refractivity contribution is -0.00315. The molecular weight excluding hydrogens is 333 g/mol. The molecule has 0 fully saturated rings. The third-order valence-electron chi connectivity index (χ3n) is 2.73. The normalized spacial score (nSPS) is 20.1. The summed E-state index contributed by atoms with van der Waals surface area (Å²) in [6.07, 6.45) is 3.70. The number of hydrogen-bond acceptors (Lipinski definition) is 3. The van der Waals surface area contributed by atoms with Crippen LogP contribution in [-0.2, 0) is 11.3 Å². The Morgan fingerprint density at radius 3 is 3.19 bits per heavy atom. The number of rotatable bonds is 4. The molecular formula is C12H18INOS. The standard InChI is InChI=1S/C12H18INOS/c1-8(2)7-15-14-10-4-3-5-11-9(10)6-12(13)16-11/h6,8,10,14H,3-5,7H2,1-2H3. The fraction of sp³-hybridized carbons (Fsp3) is 0.667. The van der Waals surface area contributed by atoms with Crippen LogP contribution < -0.4 is 5.48 Å². The SMILES string of the molecule is CC(C)CONC1CCCc2sc(I)cc21. The quantitative estimate of drug-likeness (QED) is 0.656. The maximum atomic E-state index is 5.55. The molecule has 1 aromatic heterocycles. The highest BCUT2D eigenvalue weighted by Gasteiger charge is 2.22. The predicted molar refractivity (Wildman–Crippen MR) is 76.6 cm³/mol. The highest BCUT2D eigenvalue weighted by molar-refractivity contribution is 14.1. The molecule has 0 amide bonds. The largest absolute Gasteiger partial charge is 0.301 e. The summed E-state index contributed by atoms with van der Waals surface area (Å²) in [6.45, 7) is 5.12. The van der Waals surface area contributed by atoms with E-state index in [1.807, 2.05) is 11.3 Å². The van der Waals surface area contributed by atoms with Gasteiger partial charge in [-0.25, -0.2) is 0 Å². The van der Waals surface area contributed by atoms with E-state index >= 15 is 0 Å². The molecule has 1 atom stereocenters. The van der Waals surface area contributed by atoms with Crippen molar-refractivity contribution in [2.45, 2.75) is 39.2 Å². The fourth-order valence-corrected chi connectivity index (χ4v) is 4.08. The van der Waals surface area contributed by atoms with E-state index in [0.29, 0.717) is 12.0 Å². The zero-order valence-corrected chi connectivity index (χ0v) is 12.7. The second-order valence-corrected chi connectivity index (χ2v) is 7.73. The molecule has 0 bridgehead atoms. The second kappa shape index (κ2) is 5.80. The van der Waals surface area contributed by atoms with Gasteiger partial charge in [0.15, 0.2) is 0 Å². The van der Waals surface area contributed by atoms with Crippen molar-refractivity contribution >= 4 is 33.9 Å². The van der Waals surface area contributed by atoms with Crippen LogP contribution in [0.2, 0.25) is 0 Å². The lowest BCUT2D eigenvalue weighted by Crippen LogP contribution is -2.26. The minimum atomic E-state index is 0.405. The van der Waals surface area contributed by atoms with E-state index in [1.54, 1.807) is 4.88 Å². The van der Waals surface area contributed by atoms with Gasteiger partial charge >= 0.3 is 0 Å². The first-order valence-corrected chi connectivity index (χ1v) is 7.71. The Balaban J connectivity index is 1.96. The summed E-state index contributed by atoms with van der Waals surface area (Å²) in [5, 5.41) is 0. The second-order valence-electron chi connectivity index (χ2n) is 4.70. The monoisotopic (exact) mass is 351 g/mol. The minimum absolute atomic E-state index is 0.405. The third-order valence-corrected chi connectivity index (χ3v) is 4.70. The molecule has 0 aromatic carbocycles. The number of nitrogens with one attached hydrogen (secondary N) is 1. The Kier molecular flexibility index (Phi) is 4.64. The van der Waals surface area contributed by atoms with Crippen LogP contribution in [0, 0.1) is 8.80 Å². The van der Waals surface area contributed by atoms with Gasteiger partial charge in [-0.15, -0.1) is 11.3 Å². The van der Waals surface area contributed by atoms with Crippen LogP contribution in [0.25, 0.3) is 0 Å². The Labute approximate surface area is 115 Å². The van der Waals surface area contributed by atoms with E-state index in [0.717, 1.165) is 6.61 Å². The highest BCUT2D eigenvalue weighted by Crippen LogP contribution is 2.36. The van der Waals surface area contributed by atoms with Gasteiger partial charge < -0.3 is 4.84 Å². The molecule has 90 valence electrons. The van der Waals surface area contributed by atoms with Crippen molar-refractivity contribution in [2.75, 3.05) is 6.61 Å². The Morgan fingerprint density at radius 1 is 1.62 bits per heavy atom. The smallest absolute Gasteiger partial charge is 0.0705 e. The van der Waals surface area contributed by atoms with Crippen LogP contribution in [0.5, 0.6) is 0 Å². The minimum Gasteiger partial charge on any atom is -0.301 e. The van der Waals surface area contributed by atoms with Gasteiger partial charge in [0.1, 0.15) is 0 Å². The zero-order chi connectivity index (χ0) is 11.5. The van der Waals surface area contributed by atoms with Gasteiger partial charge in [-0.05, 0) is 59.4 Å². The number of fused-ring (bicyclic) bond motifs is 1. The summed E-state index contributed by atoms with van der Waals surface area (Å²) < 4.78 is 1.39. The van der Waals surface area contributed by atoms with E-state index in [-0.39, 0.29) is 0 Å². The van der Waals surface area contributed by atoms with Crippen LogP contribution in [0.15, 0.2) is 6.07 Å². The molecule has 0 saturated heterocycles. The Bertz CT molecular complexity index is 351. The van der Waals surface area contributed by atoms with Crippen LogP contribution >= 0.6 is 33.9 Å². The van der Waals surface area contributed by atoms with Crippen LogP contribution in [0.3, 0.4) is 0 Å². The number of thiophene rings is 1. The number of halogens is 1. The van der Waals surface area contributed by atoms with Crippen molar-refractivity contribution in [3.63, 3.8) is 0 Å². The van der Waals surface area contributed by atoms with Gasteiger partial charge in [0.25, 0.3) is 0 Å². The number of hydroxylamine groups is 1. The first-order valence-electron chi connectivity index (χ1n) is 5.82. The molecule has 2 nitrogen and oxygen atoms in total. The third kappa shape index (κ3) is 3.18. The molecule has 1 aromatic rings. The van der Waals surface area contributed by atoms with Crippen LogP contribution in [0.4, 0.5) is 0 Å². The molecule has 0 aliphatic heterocycles. The van der Waals surface area contributed by atoms with Crippen molar-refractivity contribution in [3.05, 3.63) is 19.4 Å².